The first-order chi connectivity index (χ1) is 13.0. The van der Waals surface area contributed by atoms with Crippen LogP contribution in [0.25, 0.3) is 0 Å². The molecule has 0 saturated carbocycles. The third-order valence-corrected chi connectivity index (χ3v) is 4.79. The van der Waals surface area contributed by atoms with Gasteiger partial charge in [0.25, 0.3) is 5.91 Å². The van der Waals surface area contributed by atoms with E-state index in [4.69, 9.17) is 11.6 Å². The zero-order chi connectivity index (χ0) is 19.0. The van der Waals surface area contributed by atoms with Gasteiger partial charge in [0.05, 0.1) is 18.3 Å². The van der Waals surface area contributed by atoms with Crippen molar-refractivity contribution in [3.05, 3.63) is 76.8 Å². The van der Waals surface area contributed by atoms with E-state index in [9.17, 15) is 9.18 Å². The molecule has 4 rings (SSSR count). The fourth-order valence-electron chi connectivity index (χ4n) is 3.22. The number of carbonyl (C=O) groups excluding carboxylic acids is 1. The molecular formula is C20H18ClFN4O. The van der Waals surface area contributed by atoms with E-state index >= 15 is 0 Å². The number of rotatable bonds is 4. The van der Waals surface area contributed by atoms with Gasteiger partial charge in [-0.05, 0) is 55.5 Å². The molecule has 0 unspecified atom stereocenters. The van der Waals surface area contributed by atoms with Crippen LogP contribution < -0.4 is 10.2 Å². The van der Waals surface area contributed by atoms with Crippen LogP contribution in [0.2, 0.25) is 5.02 Å². The normalized spacial score (nSPS) is 16.3. The van der Waals surface area contributed by atoms with Crippen LogP contribution in [0, 0.1) is 5.82 Å². The number of halogens is 2. The first-order valence-corrected chi connectivity index (χ1v) is 9.04. The second kappa shape index (κ2) is 7.04. The molecule has 5 nitrogen and oxygen atoms in total. The van der Waals surface area contributed by atoms with E-state index in [2.05, 4.69) is 10.4 Å². The molecule has 2 heterocycles. The molecule has 0 radical (unpaired) electrons. The van der Waals surface area contributed by atoms with Gasteiger partial charge in [0.15, 0.2) is 0 Å². The van der Waals surface area contributed by atoms with Crippen molar-refractivity contribution in [2.45, 2.75) is 19.5 Å². The van der Waals surface area contributed by atoms with Gasteiger partial charge in [-0.25, -0.2) is 4.39 Å². The Morgan fingerprint density at radius 3 is 2.74 bits per heavy atom. The molecule has 1 aliphatic rings. The van der Waals surface area contributed by atoms with Crippen LogP contribution in [0.5, 0.6) is 0 Å². The van der Waals surface area contributed by atoms with Crippen LogP contribution in [-0.2, 0) is 6.54 Å². The second-order valence-corrected chi connectivity index (χ2v) is 7.01. The van der Waals surface area contributed by atoms with Gasteiger partial charge in [0, 0.05) is 22.9 Å². The number of aromatic nitrogens is 2. The molecule has 1 atom stereocenters. The van der Waals surface area contributed by atoms with Crippen LogP contribution in [0.1, 0.15) is 29.1 Å². The van der Waals surface area contributed by atoms with Crippen molar-refractivity contribution in [3.8, 4) is 0 Å². The standard InChI is InChI=1S/C20H18ClFN4O/c1-13-12-25(18-7-5-15(22)6-8-18)20(27)19-10-17(24-26(13)19)11-23-16-4-2-3-14(21)9-16/h2-10,13,23H,11-12H2,1H3/t13-/m0/s1. The highest BCUT2D eigenvalue weighted by molar-refractivity contribution is 6.30. The topological polar surface area (TPSA) is 50.2 Å². The molecule has 0 fully saturated rings. The van der Waals surface area contributed by atoms with Gasteiger partial charge in [0.1, 0.15) is 11.5 Å². The highest BCUT2D eigenvalue weighted by Gasteiger charge is 2.31. The van der Waals surface area contributed by atoms with Crippen LogP contribution in [0.3, 0.4) is 0 Å². The molecule has 1 aliphatic heterocycles. The largest absolute Gasteiger partial charge is 0.379 e. The molecule has 7 heteroatoms. The third kappa shape index (κ3) is 3.53. The molecule has 1 aromatic heterocycles. The van der Waals surface area contributed by atoms with Crippen LogP contribution in [-0.4, -0.2) is 22.2 Å². The Morgan fingerprint density at radius 1 is 1.22 bits per heavy atom. The quantitative estimate of drug-likeness (QED) is 0.720. The molecule has 1 N–H and O–H groups in total. The lowest BCUT2D eigenvalue weighted by molar-refractivity contribution is 0.0953. The number of anilines is 2. The average Bonchev–Trinajstić information content (AvgIpc) is 3.09. The van der Waals surface area contributed by atoms with E-state index < -0.39 is 0 Å². The minimum atomic E-state index is -0.323. The van der Waals surface area contributed by atoms with Gasteiger partial charge in [-0.2, -0.15) is 5.10 Å². The molecule has 2 aromatic carbocycles. The minimum Gasteiger partial charge on any atom is -0.379 e. The van der Waals surface area contributed by atoms with Crippen molar-refractivity contribution in [2.75, 3.05) is 16.8 Å². The van der Waals surface area contributed by atoms with Crippen molar-refractivity contribution in [1.29, 1.82) is 0 Å². The summed E-state index contributed by atoms with van der Waals surface area (Å²) in [5.41, 5.74) is 2.87. The number of fused-ring (bicyclic) bond motifs is 1. The van der Waals surface area contributed by atoms with Crippen molar-refractivity contribution >= 4 is 28.9 Å². The van der Waals surface area contributed by atoms with E-state index in [-0.39, 0.29) is 17.8 Å². The maximum Gasteiger partial charge on any atom is 0.276 e. The zero-order valence-electron chi connectivity index (χ0n) is 14.7. The maximum atomic E-state index is 13.2. The second-order valence-electron chi connectivity index (χ2n) is 6.57. The predicted molar refractivity (Wildman–Crippen MR) is 104 cm³/mol. The maximum absolute atomic E-state index is 13.2. The van der Waals surface area contributed by atoms with Crippen molar-refractivity contribution in [1.82, 2.24) is 9.78 Å². The molecule has 138 valence electrons. The Hall–Kier alpha value is -2.86. The van der Waals surface area contributed by atoms with Gasteiger partial charge >= 0.3 is 0 Å². The van der Waals surface area contributed by atoms with Crippen molar-refractivity contribution in [2.24, 2.45) is 0 Å². The summed E-state index contributed by atoms with van der Waals surface area (Å²) in [6.07, 6.45) is 0. The molecule has 3 aromatic rings. The molecule has 0 bridgehead atoms. The van der Waals surface area contributed by atoms with Gasteiger partial charge in [-0.3, -0.25) is 9.48 Å². The SMILES string of the molecule is C[C@H]1CN(c2ccc(F)cc2)C(=O)c2cc(CNc3cccc(Cl)c3)nn21. The first-order valence-electron chi connectivity index (χ1n) is 8.66. The summed E-state index contributed by atoms with van der Waals surface area (Å²) < 4.78 is 14.9. The van der Waals surface area contributed by atoms with Gasteiger partial charge in [-0.15, -0.1) is 0 Å². The number of nitrogens with one attached hydrogen (secondary N) is 1. The lowest BCUT2D eigenvalue weighted by Gasteiger charge is -2.31. The highest BCUT2D eigenvalue weighted by Crippen LogP contribution is 2.27. The van der Waals surface area contributed by atoms with Crippen LogP contribution in [0.4, 0.5) is 15.8 Å². The molecule has 1 amide bonds. The Bertz CT molecular complexity index is 986. The summed E-state index contributed by atoms with van der Waals surface area (Å²) in [7, 11) is 0. The Morgan fingerprint density at radius 2 is 2.00 bits per heavy atom. The monoisotopic (exact) mass is 384 g/mol. The van der Waals surface area contributed by atoms with E-state index in [1.807, 2.05) is 31.2 Å². The number of hydrogen-bond acceptors (Lipinski definition) is 3. The summed E-state index contributed by atoms with van der Waals surface area (Å²) in [5.74, 6) is -0.461. The average molecular weight is 385 g/mol. The summed E-state index contributed by atoms with van der Waals surface area (Å²) in [6, 6.07) is 15.2. The van der Waals surface area contributed by atoms with Crippen molar-refractivity contribution in [3.63, 3.8) is 0 Å². The Balaban J connectivity index is 1.55. The molecule has 27 heavy (non-hydrogen) atoms. The van der Waals surface area contributed by atoms with Crippen LogP contribution in [0.15, 0.2) is 54.6 Å². The Kier molecular flexibility index (Phi) is 4.58. The van der Waals surface area contributed by atoms with Crippen LogP contribution >= 0.6 is 11.6 Å². The van der Waals surface area contributed by atoms with E-state index in [1.54, 1.807) is 27.8 Å². The first kappa shape index (κ1) is 17.5. The molecule has 0 saturated heterocycles. The van der Waals surface area contributed by atoms with Gasteiger partial charge in [0.2, 0.25) is 0 Å². The summed E-state index contributed by atoms with van der Waals surface area (Å²) in [5, 5.41) is 8.49. The fraction of sp³-hybridized carbons (Fsp3) is 0.200. The predicted octanol–water partition coefficient (Wildman–Crippen LogP) is 4.51. The number of benzene rings is 2. The molecular weight excluding hydrogens is 367 g/mol. The number of carbonyl (C=O) groups is 1. The van der Waals surface area contributed by atoms with E-state index in [1.165, 1.54) is 12.1 Å². The molecule has 0 aliphatic carbocycles. The smallest absolute Gasteiger partial charge is 0.276 e. The van der Waals surface area contributed by atoms with E-state index in [0.29, 0.717) is 29.5 Å². The van der Waals surface area contributed by atoms with E-state index in [0.717, 1.165) is 11.4 Å². The summed E-state index contributed by atoms with van der Waals surface area (Å²) in [6.45, 7) is 2.98. The van der Waals surface area contributed by atoms with Crippen molar-refractivity contribution < 1.29 is 9.18 Å². The zero-order valence-corrected chi connectivity index (χ0v) is 15.4. The highest BCUT2D eigenvalue weighted by atomic mass is 35.5. The number of amides is 1. The third-order valence-electron chi connectivity index (χ3n) is 4.55. The minimum absolute atomic E-state index is 0.0164. The summed E-state index contributed by atoms with van der Waals surface area (Å²) >= 11 is 6.00. The summed E-state index contributed by atoms with van der Waals surface area (Å²) in [4.78, 5) is 14.6. The lowest BCUT2D eigenvalue weighted by Crippen LogP contribution is -2.42. The Labute approximate surface area is 161 Å². The number of hydrogen-bond donors (Lipinski definition) is 1. The molecule has 0 spiro atoms. The fourth-order valence-corrected chi connectivity index (χ4v) is 3.41. The van der Waals surface area contributed by atoms with Gasteiger partial charge < -0.3 is 10.2 Å². The number of nitrogens with zero attached hydrogens (tertiary/aromatic N) is 3. The van der Waals surface area contributed by atoms with Gasteiger partial charge in [-0.1, -0.05) is 17.7 Å². The lowest BCUT2D eigenvalue weighted by atomic mass is 10.1.